The molecule has 0 spiro atoms. The summed E-state index contributed by atoms with van der Waals surface area (Å²) in [7, 11) is 0. The Balaban J connectivity index is 1.75. The minimum absolute atomic E-state index is 0.183. The summed E-state index contributed by atoms with van der Waals surface area (Å²) in [5.74, 6) is 0.147. The molecule has 21 heavy (non-hydrogen) atoms. The molecule has 1 saturated carbocycles. The molecule has 1 aromatic carbocycles. The SMILES string of the molecule is O=C(NC1CC1)c1ccnc(Nc2ccc(Cl)c(Cl)c2)n1. The number of carbonyl (C=O) groups is 1. The maximum absolute atomic E-state index is 11.9. The Labute approximate surface area is 131 Å². The Kier molecular flexibility index (Phi) is 3.94. The highest BCUT2D eigenvalue weighted by molar-refractivity contribution is 6.42. The Morgan fingerprint density at radius 1 is 1.19 bits per heavy atom. The molecule has 7 heteroatoms. The van der Waals surface area contributed by atoms with Gasteiger partial charge in [-0.25, -0.2) is 9.97 Å². The van der Waals surface area contributed by atoms with Crippen molar-refractivity contribution in [3.05, 3.63) is 46.2 Å². The van der Waals surface area contributed by atoms with E-state index in [1.165, 1.54) is 6.20 Å². The average molecular weight is 323 g/mol. The van der Waals surface area contributed by atoms with Gasteiger partial charge in [0.25, 0.3) is 5.91 Å². The van der Waals surface area contributed by atoms with Crippen LogP contribution in [-0.2, 0) is 0 Å². The quantitative estimate of drug-likeness (QED) is 0.905. The highest BCUT2D eigenvalue weighted by Gasteiger charge is 2.24. The monoisotopic (exact) mass is 322 g/mol. The number of hydrogen-bond acceptors (Lipinski definition) is 4. The summed E-state index contributed by atoms with van der Waals surface area (Å²) in [6.07, 6.45) is 3.60. The van der Waals surface area contributed by atoms with Gasteiger partial charge in [-0.05, 0) is 37.1 Å². The number of nitrogens with zero attached hydrogens (tertiary/aromatic N) is 2. The van der Waals surface area contributed by atoms with E-state index in [4.69, 9.17) is 23.2 Å². The summed E-state index contributed by atoms with van der Waals surface area (Å²) in [6, 6.07) is 6.98. The number of hydrogen-bond donors (Lipinski definition) is 2. The molecule has 1 aliphatic rings. The van der Waals surface area contributed by atoms with E-state index in [-0.39, 0.29) is 5.91 Å². The summed E-state index contributed by atoms with van der Waals surface area (Å²) in [5.41, 5.74) is 1.03. The molecular formula is C14H12Cl2N4O. The van der Waals surface area contributed by atoms with Gasteiger partial charge in [0.15, 0.2) is 0 Å². The van der Waals surface area contributed by atoms with Crippen LogP contribution < -0.4 is 10.6 Å². The smallest absolute Gasteiger partial charge is 0.270 e. The van der Waals surface area contributed by atoms with Crippen LogP contribution in [-0.4, -0.2) is 21.9 Å². The lowest BCUT2D eigenvalue weighted by Crippen LogP contribution is -2.26. The topological polar surface area (TPSA) is 66.9 Å². The molecule has 0 saturated heterocycles. The molecule has 0 unspecified atom stereocenters. The highest BCUT2D eigenvalue weighted by atomic mass is 35.5. The number of nitrogens with one attached hydrogen (secondary N) is 2. The van der Waals surface area contributed by atoms with Crippen LogP contribution in [0.2, 0.25) is 10.0 Å². The predicted octanol–water partition coefficient (Wildman–Crippen LogP) is 3.42. The third-order valence-electron chi connectivity index (χ3n) is 2.98. The molecule has 2 N–H and O–H groups in total. The Morgan fingerprint density at radius 2 is 2.00 bits per heavy atom. The number of benzene rings is 1. The molecule has 0 aliphatic heterocycles. The van der Waals surface area contributed by atoms with Crippen LogP contribution in [0.5, 0.6) is 0 Å². The third kappa shape index (κ3) is 3.62. The van der Waals surface area contributed by atoms with E-state index < -0.39 is 0 Å². The van der Waals surface area contributed by atoms with Crippen LogP contribution in [0.3, 0.4) is 0 Å². The van der Waals surface area contributed by atoms with Gasteiger partial charge in [-0.15, -0.1) is 0 Å². The van der Waals surface area contributed by atoms with Gasteiger partial charge in [0.05, 0.1) is 10.0 Å². The molecule has 1 heterocycles. The summed E-state index contributed by atoms with van der Waals surface area (Å²) >= 11 is 11.8. The van der Waals surface area contributed by atoms with Crippen LogP contribution in [0.1, 0.15) is 23.3 Å². The van der Waals surface area contributed by atoms with Gasteiger partial charge in [-0.1, -0.05) is 23.2 Å². The van der Waals surface area contributed by atoms with Gasteiger partial charge in [-0.3, -0.25) is 4.79 Å². The van der Waals surface area contributed by atoms with Crippen molar-refractivity contribution < 1.29 is 4.79 Å². The predicted molar refractivity (Wildman–Crippen MR) is 82.3 cm³/mol. The van der Waals surface area contributed by atoms with E-state index in [2.05, 4.69) is 20.6 Å². The van der Waals surface area contributed by atoms with Crippen LogP contribution in [0.15, 0.2) is 30.5 Å². The third-order valence-corrected chi connectivity index (χ3v) is 3.72. The van der Waals surface area contributed by atoms with Gasteiger partial charge in [0.1, 0.15) is 5.69 Å². The molecule has 0 radical (unpaired) electrons. The molecule has 5 nitrogen and oxygen atoms in total. The molecule has 1 aromatic heterocycles. The second-order valence-corrected chi connectivity index (χ2v) is 5.58. The minimum Gasteiger partial charge on any atom is -0.348 e. The lowest BCUT2D eigenvalue weighted by molar-refractivity contribution is 0.0946. The maximum Gasteiger partial charge on any atom is 0.270 e. The molecule has 3 rings (SSSR count). The van der Waals surface area contributed by atoms with Crippen molar-refractivity contribution in [1.82, 2.24) is 15.3 Å². The zero-order valence-electron chi connectivity index (χ0n) is 10.9. The first kappa shape index (κ1) is 14.1. The van der Waals surface area contributed by atoms with E-state index >= 15 is 0 Å². The van der Waals surface area contributed by atoms with Crippen LogP contribution >= 0.6 is 23.2 Å². The Bertz CT molecular complexity index is 688. The van der Waals surface area contributed by atoms with Crippen molar-refractivity contribution in [3.8, 4) is 0 Å². The number of aromatic nitrogens is 2. The Morgan fingerprint density at radius 3 is 2.71 bits per heavy atom. The van der Waals surface area contributed by atoms with E-state index in [9.17, 15) is 4.79 Å². The zero-order chi connectivity index (χ0) is 14.8. The number of anilines is 2. The van der Waals surface area contributed by atoms with E-state index in [1.54, 1.807) is 24.3 Å². The summed E-state index contributed by atoms with van der Waals surface area (Å²) in [4.78, 5) is 20.2. The van der Waals surface area contributed by atoms with Gasteiger partial charge < -0.3 is 10.6 Å². The molecule has 2 aromatic rings. The van der Waals surface area contributed by atoms with E-state index in [1.807, 2.05) is 0 Å². The average Bonchev–Trinajstić information content (AvgIpc) is 3.27. The first-order valence-electron chi connectivity index (χ1n) is 6.48. The van der Waals surface area contributed by atoms with Crippen molar-refractivity contribution in [3.63, 3.8) is 0 Å². The van der Waals surface area contributed by atoms with E-state index in [0.717, 1.165) is 12.8 Å². The maximum atomic E-state index is 11.9. The molecule has 0 bridgehead atoms. The van der Waals surface area contributed by atoms with Crippen molar-refractivity contribution >= 4 is 40.7 Å². The standard InChI is InChI=1S/C14H12Cl2N4O/c15-10-4-3-9(7-11(10)16)19-14-17-6-5-12(20-14)13(21)18-8-1-2-8/h3-8H,1-2H2,(H,18,21)(H,17,19,20). The molecule has 0 atom stereocenters. The lowest BCUT2D eigenvalue weighted by Gasteiger charge is -2.07. The van der Waals surface area contributed by atoms with Gasteiger partial charge in [-0.2, -0.15) is 0 Å². The Hall–Kier alpha value is -1.85. The summed E-state index contributed by atoms with van der Waals surface area (Å²) < 4.78 is 0. The zero-order valence-corrected chi connectivity index (χ0v) is 12.4. The number of halogens is 2. The van der Waals surface area contributed by atoms with Gasteiger partial charge in [0.2, 0.25) is 5.95 Å². The van der Waals surface area contributed by atoms with Crippen molar-refractivity contribution in [2.75, 3.05) is 5.32 Å². The largest absolute Gasteiger partial charge is 0.348 e. The molecule has 1 amide bonds. The minimum atomic E-state index is -0.183. The number of carbonyl (C=O) groups excluding carboxylic acids is 1. The second-order valence-electron chi connectivity index (χ2n) is 4.77. The molecule has 108 valence electrons. The molecule has 1 fully saturated rings. The van der Waals surface area contributed by atoms with Gasteiger partial charge in [0, 0.05) is 17.9 Å². The van der Waals surface area contributed by atoms with Crippen LogP contribution in [0.25, 0.3) is 0 Å². The van der Waals surface area contributed by atoms with Crippen LogP contribution in [0.4, 0.5) is 11.6 Å². The van der Waals surface area contributed by atoms with E-state index in [0.29, 0.717) is 33.4 Å². The first-order valence-corrected chi connectivity index (χ1v) is 7.23. The van der Waals surface area contributed by atoms with Crippen LogP contribution in [0, 0.1) is 0 Å². The van der Waals surface area contributed by atoms with Crippen molar-refractivity contribution in [2.24, 2.45) is 0 Å². The summed E-state index contributed by atoms with van der Waals surface area (Å²) in [6.45, 7) is 0. The normalized spacial score (nSPS) is 13.8. The van der Waals surface area contributed by atoms with Crippen molar-refractivity contribution in [1.29, 1.82) is 0 Å². The first-order chi connectivity index (χ1) is 10.1. The second kappa shape index (κ2) is 5.87. The highest BCUT2D eigenvalue weighted by Crippen LogP contribution is 2.26. The fourth-order valence-corrected chi connectivity index (χ4v) is 2.03. The fraction of sp³-hybridized carbons (Fsp3) is 0.214. The summed E-state index contributed by atoms with van der Waals surface area (Å²) in [5, 5.41) is 6.78. The molecular weight excluding hydrogens is 311 g/mol. The number of rotatable bonds is 4. The lowest BCUT2D eigenvalue weighted by atomic mass is 10.3. The number of amides is 1. The fourth-order valence-electron chi connectivity index (χ4n) is 1.74. The van der Waals surface area contributed by atoms with Gasteiger partial charge >= 0.3 is 0 Å². The molecule has 1 aliphatic carbocycles. The van der Waals surface area contributed by atoms with Crippen molar-refractivity contribution in [2.45, 2.75) is 18.9 Å².